The fourth-order valence-corrected chi connectivity index (χ4v) is 3.74. The Balaban J connectivity index is 1.95. The third-order valence-corrected chi connectivity index (χ3v) is 5.60. The highest BCUT2D eigenvalue weighted by molar-refractivity contribution is 9.10. The largest absolute Gasteiger partial charge is 0.459 e. The molecule has 1 saturated heterocycles. The van der Waals surface area contributed by atoms with Gasteiger partial charge in [-0.15, -0.1) is 0 Å². The van der Waals surface area contributed by atoms with Gasteiger partial charge in [-0.25, -0.2) is 4.79 Å². The van der Waals surface area contributed by atoms with Crippen molar-refractivity contribution in [3.8, 4) is 0 Å². The molecule has 0 atom stereocenters. The number of halogens is 2. The molecule has 150 valence electrons. The molecular formula is C19H26BrClN2O4. The van der Waals surface area contributed by atoms with E-state index >= 15 is 0 Å². The van der Waals surface area contributed by atoms with E-state index in [1.165, 1.54) is 6.20 Å². The van der Waals surface area contributed by atoms with Crippen LogP contribution in [0.4, 0.5) is 4.79 Å². The molecule has 0 aliphatic carbocycles. The summed E-state index contributed by atoms with van der Waals surface area (Å²) in [6, 6.07) is 1.71. The molecule has 1 fully saturated rings. The molecule has 0 aromatic carbocycles. The first kappa shape index (κ1) is 22.0. The Labute approximate surface area is 173 Å². The van der Waals surface area contributed by atoms with Crippen molar-refractivity contribution < 1.29 is 19.1 Å². The van der Waals surface area contributed by atoms with Gasteiger partial charge >= 0.3 is 12.1 Å². The van der Waals surface area contributed by atoms with Gasteiger partial charge in [-0.2, -0.15) is 0 Å². The van der Waals surface area contributed by atoms with Crippen molar-refractivity contribution in [1.29, 1.82) is 0 Å². The summed E-state index contributed by atoms with van der Waals surface area (Å²) in [5.41, 5.74) is -0.503. The Kier molecular flexibility index (Phi) is 7.14. The van der Waals surface area contributed by atoms with Crippen LogP contribution in [-0.2, 0) is 20.9 Å². The average molecular weight is 462 g/mol. The number of hydrogen-bond donors (Lipinski definition) is 0. The van der Waals surface area contributed by atoms with Gasteiger partial charge < -0.3 is 14.4 Å². The molecule has 6 nitrogen and oxygen atoms in total. The fraction of sp³-hybridized carbons (Fsp3) is 0.632. The van der Waals surface area contributed by atoms with Crippen LogP contribution in [0, 0.1) is 5.41 Å². The van der Waals surface area contributed by atoms with Crippen molar-refractivity contribution in [1.82, 2.24) is 9.88 Å². The number of amides is 1. The maximum Gasteiger partial charge on any atom is 0.410 e. The Hall–Kier alpha value is -1.34. The second-order valence-corrected chi connectivity index (χ2v) is 9.05. The Morgan fingerprint density at radius 2 is 1.96 bits per heavy atom. The highest BCUT2D eigenvalue weighted by Gasteiger charge is 2.42. The summed E-state index contributed by atoms with van der Waals surface area (Å²) in [6.45, 7) is 8.51. The molecule has 0 radical (unpaired) electrons. The molecule has 8 heteroatoms. The van der Waals surface area contributed by atoms with Crippen molar-refractivity contribution in [3.63, 3.8) is 0 Å². The Morgan fingerprint density at radius 3 is 2.48 bits per heavy atom. The minimum absolute atomic E-state index is 0.0775. The lowest BCUT2D eigenvalue weighted by molar-refractivity contribution is -0.161. The number of carbonyl (C=O) groups excluding carboxylic acids is 2. The van der Waals surface area contributed by atoms with Crippen molar-refractivity contribution in [2.75, 3.05) is 13.1 Å². The molecule has 1 aromatic heterocycles. The van der Waals surface area contributed by atoms with E-state index in [-0.39, 0.29) is 18.7 Å². The summed E-state index contributed by atoms with van der Waals surface area (Å²) in [7, 11) is 0. The van der Waals surface area contributed by atoms with Gasteiger partial charge in [0.2, 0.25) is 0 Å². The number of rotatable bonds is 4. The minimum atomic E-state index is -0.586. The van der Waals surface area contributed by atoms with E-state index in [4.69, 9.17) is 21.1 Å². The van der Waals surface area contributed by atoms with E-state index in [2.05, 4.69) is 20.9 Å². The molecule has 2 rings (SSSR count). The van der Waals surface area contributed by atoms with E-state index in [9.17, 15) is 9.59 Å². The lowest BCUT2D eigenvalue weighted by atomic mass is 9.76. The fourth-order valence-electron chi connectivity index (χ4n) is 2.98. The van der Waals surface area contributed by atoms with E-state index in [1.54, 1.807) is 11.0 Å². The third kappa shape index (κ3) is 5.82. The minimum Gasteiger partial charge on any atom is -0.459 e. The van der Waals surface area contributed by atoms with Crippen LogP contribution in [-0.4, -0.2) is 40.6 Å². The maximum atomic E-state index is 12.8. The smallest absolute Gasteiger partial charge is 0.410 e. The highest BCUT2D eigenvalue weighted by Crippen LogP contribution is 2.37. The van der Waals surface area contributed by atoms with Gasteiger partial charge in [0.25, 0.3) is 0 Å². The zero-order valence-electron chi connectivity index (χ0n) is 16.2. The Morgan fingerprint density at radius 1 is 1.33 bits per heavy atom. The molecule has 1 aliphatic rings. The van der Waals surface area contributed by atoms with E-state index in [1.807, 2.05) is 27.7 Å². The number of hydrogen-bond acceptors (Lipinski definition) is 5. The van der Waals surface area contributed by atoms with E-state index in [0.29, 0.717) is 47.5 Å². The SMILES string of the molecule is CCC1(C(=O)OCc2ncc(Cl)cc2Br)CCN(C(=O)OC(C)(C)C)CC1. The number of ether oxygens (including phenoxy) is 2. The van der Waals surface area contributed by atoms with Gasteiger partial charge in [-0.3, -0.25) is 9.78 Å². The van der Waals surface area contributed by atoms with Gasteiger partial charge in [0.15, 0.2) is 0 Å². The zero-order valence-corrected chi connectivity index (χ0v) is 18.5. The number of piperidine rings is 1. The lowest BCUT2D eigenvalue weighted by Crippen LogP contribution is -2.48. The zero-order chi connectivity index (χ0) is 20.2. The van der Waals surface area contributed by atoms with Crippen LogP contribution in [0.25, 0.3) is 0 Å². The van der Waals surface area contributed by atoms with Crippen molar-refractivity contribution in [3.05, 3.63) is 27.5 Å². The summed E-state index contributed by atoms with van der Waals surface area (Å²) in [6.07, 6.45) is 2.94. The van der Waals surface area contributed by atoms with Crippen molar-refractivity contribution in [2.24, 2.45) is 5.41 Å². The molecule has 27 heavy (non-hydrogen) atoms. The third-order valence-electron chi connectivity index (χ3n) is 4.71. The summed E-state index contributed by atoms with van der Waals surface area (Å²) in [5.74, 6) is -0.252. The predicted octanol–water partition coefficient (Wildman–Crippen LogP) is 4.97. The molecule has 0 N–H and O–H groups in total. The van der Waals surface area contributed by atoms with E-state index < -0.39 is 11.0 Å². The molecule has 0 bridgehead atoms. The van der Waals surface area contributed by atoms with Gasteiger partial charge in [-0.05, 0) is 62.0 Å². The van der Waals surface area contributed by atoms with Crippen LogP contribution >= 0.6 is 27.5 Å². The van der Waals surface area contributed by atoms with Crippen LogP contribution in [0.3, 0.4) is 0 Å². The molecule has 1 aliphatic heterocycles. The van der Waals surface area contributed by atoms with Crippen LogP contribution < -0.4 is 0 Å². The summed E-state index contributed by atoms with van der Waals surface area (Å²) in [4.78, 5) is 30.8. The molecule has 0 spiro atoms. The molecule has 1 aromatic rings. The van der Waals surface area contributed by atoms with E-state index in [0.717, 1.165) is 0 Å². The van der Waals surface area contributed by atoms with Crippen LogP contribution in [0.2, 0.25) is 5.02 Å². The van der Waals surface area contributed by atoms with Crippen LogP contribution in [0.5, 0.6) is 0 Å². The lowest BCUT2D eigenvalue weighted by Gasteiger charge is -2.39. The quantitative estimate of drug-likeness (QED) is 0.592. The van der Waals surface area contributed by atoms with Crippen LogP contribution in [0.15, 0.2) is 16.7 Å². The first-order valence-corrected chi connectivity index (χ1v) is 10.2. The number of esters is 1. The standard InChI is InChI=1S/C19H26BrClN2O4/c1-5-19(6-8-23(9-7-19)17(25)27-18(2,3)4)16(24)26-12-15-14(20)10-13(21)11-22-15/h10-11H,5-9,12H2,1-4H3. The summed E-state index contributed by atoms with van der Waals surface area (Å²) >= 11 is 9.26. The molecule has 1 amide bonds. The van der Waals surface area contributed by atoms with Gasteiger partial charge in [0, 0.05) is 23.8 Å². The Bertz CT molecular complexity index is 697. The number of pyridine rings is 1. The predicted molar refractivity (Wildman–Crippen MR) is 107 cm³/mol. The molecular weight excluding hydrogens is 436 g/mol. The van der Waals surface area contributed by atoms with Crippen molar-refractivity contribution >= 4 is 39.6 Å². The number of carbonyl (C=O) groups is 2. The maximum absolute atomic E-state index is 12.8. The average Bonchev–Trinajstić information content (AvgIpc) is 2.59. The highest BCUT2D eigenvalue weighted by atomic mass is 79.9. The molecule has 0 saturated carbocycles. The molecule has 0 unspecified atom stereocenters. The molecule has 2 heterocycles. The summed E-state index contributed by atoms with van der Waals surface area (Å²) < 4.78 is 11.7. The van der Waals surface area contributed by atoms with Gasteiger partial charge in [0.1, 0.15) is 12.2 Å². The summed E-state index contributed by atoms with van der Waals surface area (Å²) in [5, 5.41) is 0.511. The van der Waals surface area contributed by atoms with Gasteiger partial charge in [0.05, 0.1) is 16.1 Å². The first-order chi connectivity index (χ1) is 12.6. The second-order valence-electron chi connectivity index (χ2n) is 7.76. The number of nitrogens with zero attached hydrogens (tertiary/aromatic N) is 2. The topological polar surface area (TPSA) is 68.7 Å². The normalized spacial score (nSPS) is 16.7. The first-order valence-electron chi connectivity index (χ1n) is 9.01. The number of aromatic nitrogens is 1. The second kappa shape index (κ2) is 8.78. The van der Waals surface area contributed by atoms with Gasteiger partial charge in [-0.1, -0.05) is 18.5 Å². The monoisotopic (exact) mass is 460 g/mol. The van der Waals surface area contributed by atoms with Crippen molar-refractivity contribution in [2.45, 2.75) is 59.2 Å². The van der Waals surface area contributed by atoms with Crippen LogP contribution in [0.1, 0.15) is 52.7 Å². The number of likely N-dealkylation sites (tertiary alicyclic amines) is 1.